The minimum absolute atomic E-state index is 0.419. The lowest BCUT2D eigenvalue weighted by Gasteiger charge is -2.32. The molecule has 1 heterocycles. The standard InChI is InChI=1S/C14H28N2O3/c1-4-19-12-6-10-16(11-7-12)9-5-8-14(2,15-3)13(17)18/h12,15H,4-11H2,1-3H3,(H,17,18). The molecule has 0 saturated carbocycles. The molecule has 2 N–H and O–H groups in total. The zero-order valence-electron chi connectivity index (χ0n) is 12.4. The Morgan fingerprint density at radius 1 is 1.47 bits per heavy atom. The number of rotatable bonds is 8. The Labute approximate surface area is 116 Å². The molecule has 0 spiro atoms. The summed E-state index contributed by atoms with van der Waals surface area (Å²) in [5.74, 6) is -0.773. The maximum absolute atomic E-state index is 11.2. The molecule has 0 aromatic heterocycles. The van der Waals surface area contributed by atoms with E-state index < -0.39 is 11.5 Å². The van der Waals surface area contributed by atoms with Crippen molar-refractivity contribution < 1.29 is 14.6 Å². The Morgan fingerprint density at radius 3 is 2.58 bits per heavy atom. The van der Waals surface area contributed by atoms with E-state index in [2.05, 4.69) is 10.2 Å². The van der Waals surface area contributed by atoms with Gasteiger partial charge < -0.3 is 20.1 Å². The second-order valence-electron chi connectivity index (χ2n) is 5.49. The van der Waals surface area contributed by atoms with Crippen LogP contribution >= 0.6 is 0 Å². The van der Waals surface area contributed by atoms with Gasteiger partial charge in [0.05, 0.1) is 6.10 Å². The summed E-state index contributed by atoms with van der Waals surface area (Å²) >= 11 is 0. The van der Waals surface area contributed by atoms with Crippen LogP contribution in [0.1, 0.15) is 39.5 Å². The van der Waals surface area contributed by atoms with Gasteiger partial charge in [0.2, 0.25) is 0 Å². The van der Waals surface area contributed by atoms with Crippen molar-refractivity contribution in [2.45, 2.75) is 51.2 Å². The van der Waals surface area contributed by atoms with E-state index in [1.165, 1.54) is 0 Å². The number of carbonyl (C=O) groups is 1. The smallest absolute Gasteiger partial charge is 0.323 e. The highest BCUT2D eigenvalue weighted by molar-refractivity contribution is 5.78. The van der Waals surface area contributed by atoms with Gasteiger partial charge in [-0.3, -0.25) is 4.79 Å². The molecule has 1 rings (SSSR count). The van der Waals surface area contributed by atoms with Crippen LogP contribution in [0.5, 0.6) is 0 Å². The third-order valence-electron chi connectivity index (χ3n) is 4.11. The molecular weight excluding hydrogens is 244 g/mol. The number of aliphatic carboxylic acids is 1. The number of nitrogens with zero attached hydrogens (tertiary/aromatic N) is 1. The van der Waals surface area contributed by atoms with Gasteiger partial charge in [-0.05, 0) is 53.1 Å². The van der Waals surface area contributed by atoms with Gasteiger partial charge in [0.25, 0.3) is 0 Å². The third kappa shape index (κ3) is 5.09. The molecule has 5 heteroatoms. The third-order valence-corrected chi connectivity index (χ3v) is 4.11. The first kappa shape index (κ1) is 16.4. The van der Waals surface area contributed by atoms with Crippen LogP contribution in [0.2, 0.25) is 0 Å². The molecule has 0 aliphatic carbocycles. The molecular formula is C14H28N2O3. The summed E-state index contributed by atoms with van der Waals surface area (Å²) in [7, 11) is 1.71. The van der Waals surface area contributed by atoms with Crippen LogP contribution in [0, 0.1) is 0 Å². The van der Waals surface area contributed by atoms with E-state index in [1.54, 1.807) is 14.0 Å². The highest BCUT2D eigenvalue weighted by Crippen LogP contribution is 2.16. The minimum atomic E-state index is -0.802. The van der Waals surface area contributed by atoms with Crippen molar-refractivity contribution >= 4 is 5.97 Å². The Hall–Kier alpha value is -0.650. The van der Waals surface area contributed by atoms with E-state index in [-0.39, 0.29) is 0 Å². The minimum Gasteiger partial charge on any atom is -0.480 e. The number of likely N-dealkylation sites (N-methyl/N-ethyl adjacent to an activating group) is 1. The number of hydrogen-bond donors (Lipinski definition) is 2. The fraction of sp³-hybridized carbons (Fsp3) is 0.929. The molecule has 1 aliphatic heterocycles. The van der Waals surface area contributed by atoms with E-state index in [0.717, 1.165) is 45.5 Å². The molecule has 1 aliphatic rings. The molecule has 19 heavy (non-hydrogen) atoms. The number of hydrogen-bond acceptors (Lipinski definition) is 4. The van der Waals surface area contributed by atoms with Crippen LogP contribution < -0.4 is 5.32 Å². The second-order valence-corrected chi connectivity index (χ2v) is 5.49. The number of carboxylic acid groups (broad SMARTS) is 1. The first-order chi connectivity index (χ1) is 9.01. The van der Waals surface area contributed by atoms with Gasteiger partial charge in [-0.2, -0.15) is 0 Å². The molecule has 5 nitrogen and oxygen atoms in total. The Morgan fingerprint density at radius 2 is 2.11 bits per heavy atom. The van der Waals surface area contributed by atoms with Gasteiger partial charge >= 0.3 is 5.97 Å². The van der Waals surface area contributed by atoms with E-state index in [0.29, 0.717) is 12.5 Å². The molecule has 1 atom stereocenters. The molecule has 0 bridgehead atoms. The maximum Gasteiger partial charge on any atom is 0.323 e. The number of ether oxygens (including phenoxy) is 1. The molecule has 112 valence electrons. The largest absolute Gasteiger partial charge is 0.480 e. The summed E-state index contributed by atoms with van der Waals surface area (Å²) < 4.78 is 5.62. The van der Waals surface area contributed by atoms with Gasteiger partial charge in [-0.15, -0.1) is 0 Å². The first-order valence-corrected chi connectivity index (χ1v) is 7.28. The maximum atomic E-state index is 11.2. The fourth-order valence-electron chi connectivity index (χ4n) is 2.53. The molecule has 0 aromatic rings. The second kappa shape index (κ2) is 7.82. The van der Waals surface area contributed by atoms with Crippen LogP contribution in [0.4, 0.5) is 0 Å². The molecule has 0 radical (unpaired) electrons. The summed E-state index contributed by atoms with van der Waals surface area (Å²) in [6.07, 6.45) is 4.17. The number of likely N-dealkylation sites (tertiary alicyclic amines) is 1. The van der Waals surface area contributed by atoms with Crippen LogP contribution in [0.25, 0.3) is 0 Å². The van der Waals surface area contributed by atoms with Crippen LogP contribution in [0.15, 0.2) is 0 Å². The Balaban J connectivity index is 2.22. The highest BCUT2D eigenvalue weighted by atomic mass is 16.5. The highest BCUT2D eigenvalue weighted by Gasteiger charge is 2.30. The van der Waals surface area contributed by atoms with E-state index >= 15 is 0 Å². The van der Waals surface area contributed by atoms with Gasteiger partial charge in [0.15, 0.2) is 0 Å². The summed E-state index contributed by atoms with van der Waals surface area (Å²) in [6, 6.07) is 0. The zero-order chi connectivity index (χ0) is 14.3. The number of nitrogens with one attached hydrogen (secondary N) is 1. The summed E-state index contributed by atoms with van der Waals surface area (Å²) in [4.78, 5) is 13.6. The van der Waals surface area contributed by atoms with Crippen LogP contribution in [-0.2, 0) is 9.53 Å². The fourth-order valence-corrected chi connectivity index (χ4v) is 2.53. The first-order valence-electron chi connectivity index (χ1n) is 7.28. The zero-order valence-corrected chi connectivity index (χ0v) is 12.4. The monoisotopic (exact) mass is 272 g/mol. The SMILES string of the molecule is CCOC1CCN(CCCC(C)(NC)C(=O)O)CC1. The molecule has 0 aromatic carbocycles. The Bertz CT molecular complexity index is 278. The van der Waals surface area contributed by atoms with E-state index in [4.69, 9.17) is 4.74 Å². The van der Waals surface area contributed by atoms with Crippen molar-refractivity contribution in [3.05, 3.63) is 0 Å². The van der Waals surface area contributed by atoms with E-state index in [1.807, 2.05) is 6.92 Å². The summed E-state index contributed by atoms with van der Waals surface area (Å²) in [5.41, 5.74) is -0.802. The number of carboxylic acids is 1. The molecule has 1 fully saturated rings. The van der Waals surface area contributed by atoms with Gasteiger partial charge in [0, 0.05) is 19.7 Å². The average molecular weight is 272 g/mol. The van der Waals surface area contributed by atoms with Gasteiger partial charge in [-0.25, -0.2) is 0 Å². The normalized spacial score (nSPS) is 21.2. The lowest BCUT2D eigenvalue weighted by atomic mass is 9.96. The van der Waals surface area contributed by atoms with Crippen molar-refractivity contribution in [1.82, 2.24) is 10.2 Å². The summed E-state index contributed by atoms with van der Waals surface area (Å²) in [6.45, 7) is 7.68. The van der Waals surface area contributed by atoms with E-state index in [9.17, 15) is 9.90 Å². The van der Waals surface area contributed by atoms with Crippen molar-refractivity contribution in [1.29, 1.82) is 0 Å². The van der Waals surface area contributed by atoms with Crippen LogP contribution in [-0.4, -0.2) is 60.9 Å². The topological polar surface area (TPSA) is 61.8 Å². The lowest BCUT2D eigenvalue weighted by Crippen LogP contribution is -2.48. The van der Waals surface area contributed by atoms with Crippen molar-refractivity contribution in [2.24, 2.45) is 0 Å². The Kier molecular flexibility index (Phi) is 6.75. The summed E-state index contributed by atoms with van der Waals surface area (Å²) in [5, 5.41) is 12.1. The molecule has 0 amide bonds. The van der Waals surface area contributed by atoms with Crippen LogP contribution in [0.3, 0.4) is 0 Å². The molecule has 1 unspecified atom stereocenters. The quantitative estimate of drug-likeness (QED) is 0.698. The van der Waals surface area contributed by atoms with Gasteiger partial charge in [0.1, 0.15) is 5.54 Å². The van der Waals surface area contributed by atoms with Crippen molar-refractivity contribution in [3.63, 3.8) is 0 Å². The van der Waals surface area contributed by atoms with Crippen molar-refractivity contribution in [3.8, 4) is 0 Å². The predicted octanol–water partition coefficient (Wildman–Crippen LogP) is 1.33. The predicted molar refractivity (Wildman–Crippen MR) is 75.4 cm³/mol. The average Bonchev–Trinajstić information content (AvgIpc) is 2.40. The molecule has 1 saturated heterocycles. The van der Waals surface area contributed by atoms with Crippen molar-refractivity contribution in [2.75, 3.05) is 33.3 Å². The lowest BCUT2D eigenvalue weighted by molar-refractivity contribution is -0.144. The number of piperidine rings is 1. The van der Waals surface area contributed by atoms with Gasteiger partial charge in [-0.1, -0.05) is 0 Å².